The van der Waals surface area contributed by atoms with Crippen LogP contribution < -0.4 is 10.5 Å². The molecule has 0 bridgehead atoms. The molecule has 0 fully saturated rings. The van der Waals surface area contributed by atoms with Gasteiger partial charge in [0.1, 0.15) is 11.5 Å². The van der Waals surface area contributed by atoms with Gasteiger partial charge in [-0.3, -0.25) is 4.99 Å². The first-order valence-electron chi connectivity index (χ1n) is 19.1. The van der Waals surface area contributed by atoms with Gasteiger partial charge in [-0.25, -0.2) is 0 Å². The minimum Gasteiger partial charge on any atom is -0.457 e. The third-order valence-corrected chi connectivity index (χ3v) is 11.2. The molecule has 266 valence electrons. The van der Waals surface area contributed by atoms with Crippen molar-refractivity contribution in [2.75, 3.05) is 0 Å². The van der Waals surface area contributed by atoms with Crippen LogP contribution in [0, 0.1) is 0 Å². The first-order valence-corrected chi connectivity index (χ1v) is 19.1. The lowest BCUT2D eigenvalue weighted by molar-refractivity contribution is 0.436. The number of aliphatic imine (C=N–C) groups is 1. The predicted molar refractivity (Wildman–Crippen MR) is 230 cm³/mol. The van der Waals surface area contributed by atoms with Crippen LogP contribution in [0.5, 0.6) is 11.5 Å². The largest absolute Gasteiger partial charge is 0.457 e. The normalized spacial score (nSPS) is 13.6. The fourth-order valence-electron chi connectivity index (χ4n) is 8.59. The van der Waals surface area contributed by atoms with Gasteiger partial charge in [0.25, 0.3) is 0 Å². The molecule has 0 unspecified atom stereocenters. The van der Waals surface area contributed by atoms with Crippen LogP contribution in [0.25, 0.3) is 39.1 Å². The molecular formula is C53H38N2O. The highest BCUT2D eigenvalue weighted by atomic mass is 16.5. The van der Waals surface area contributed by atoms with E-state index in [-0.39, 0.29) is 0 Å². The quantitative estimate of drug-likeness (QED) is 0.167. The molecular weight excluding hydrogens is 681 g/mol. The van der Waals surface area contributed by atoms with Crippen LogP contribution in [-0.4, -0.2) is 5.71 Å². The zero-order chi connectivity index (χ0) is 37.5. The molecule has 3 nitrogen and oxygen atoms in total. The number of para-hydroxylation sites is 2. The molecule has 8 aromatic carbocycles. The van der Waals surface area contributed by atoms with Gasteiger partial charge < -0.3 is 10.5 Å². The molecule has 0 aromatic heterocycles. The second-order valence-corrected chi connectivity index (χ2v) is 14.5. The van der Waals surface area contributed by atoms with Crippen LogP contribution in [0.3, 0.4) is 0 Å². The lowest BCUT2D eigenvalue weighted by Gasteiger charge is -2.39. The molecule has 3 heteroatoms. The molecule has 0 amide bonds. The number of ether oxygens (including phenoxy) is 1. The van der Waals surface area contributed by atoms with Crippen LogP contribution in [0.15, 0.2) is 211 Å². The van der Waals surface area contributed by atoms with Crippen molar-refractivity contribution in [1.29, 1.82) is 0 Å². The summed E-state index contributed by atoms with van der Waals surface area (Å²) in [6.45, 7) is 0.581. The van der Waals surface area contributed by atoms with E-state index in [2.05, 4.69) is 164 Å². The second-order valence-electron chi connectivity index (χ2n) is 14.5. The van der Waals surface area contributed by atoms with E-state index in [0.29, 0.717) is 12.2 Å². The van der Waals surface area contributed by atoms with Crippen molar-refractivity contribution in [2.45, 2.75) is 12.0 Å². The molecule has 1 spiro atoms. The Hall–Kier alpha value is -7.23. The second kappa shape index (κ2) is 13.9. The summed E-state index contributed by atoms with van der Waals surface area (Å²) in [7, 11) is 0. The SMILES string of the molecule is N/C(=C\C(=N/Cc1ccccc1)c1ccccc1)c1ccc(-c2cccc(-c3ccc4c(c3)C3(c5ccccc5Oc5ccccc53)c3ccccc3-4)c2)cc1. The molecule has 10 rings (SSSR count). The number of nitrogens with zero attached hydrogens (tertiary/aromatic N) is 1. The Morgan fingerprint density at radius 3 is 1.73 bits per heavy atom. The first kappa shape index (κ1) is 33.3. The first-order chi connectivity index (χ1) is 27.7. The molecule has 1 aliphatic carbocycles. The van der Waals surface area contributed by atoms with Gasteiger partial charge in [-0.1, -0.05) is 176 Å². The van der Waals surface area contributed by atoms with Crippen molar-refractivity contribution in [3.63, 3.8) is 0 Å². The number of rotatable bonds is 7. The molecule has 1 heterocycles. The Kier molecular flexibility index (Phi) is 8.26. The topological polar surface area (TPSA) is 47.6 Å². The van der Waals surface area contributed by atoms with Crippen molar-refractivity contribution in [2.24, 2.45) is 10.7 Å². The summed E-state index contributed by atoms with van der Waals surface area (Å²) in [6.07, 6.45) is 1.99. The average molecular weight is 719 g/mol. The van der Waals surface area contributed by atoms with E-state index in [9.17, 15) is 0 Å². The van der Waals surface area contributed by atoms with Gasteiger partial charge in [-0.05, 0) is 91.5 Å². The minimum atomic E-state index is -0.499. The Morgan fingerprint density at radius 2 is 1.02 bits per heavy atom. The maximum atomic E-state index is 6.76. The summed E-state index contributed by atoms with van der Waals surface area (Å²) < 4.78 is 6.55. The minimum absolute atomic E-state index is 0.499. The number of nitrogens with two attached hydrogens (primary N) is 1. The molecule has 2 aliphatic rings. The van der Waals surface area contributed by atoms with Gasteiger partial charge >= 0.3 is 0 Å². The highest BCUT2D eigenvalue weighted by Crippen LogP contribution is 2.62. The van der Waals surface area contributed by atoms with Crippen molar-refractivity contribution < 1.29 is 4.74 Å². The number of fused-ring (bicyclic) bond motifs is 9. The predicted octanol–water partition coefficient (Wildman–Crippen LogP) is 12.5. The number of allylic oxidation sites excluding steroid dienone is 1. The standard InChI is InChI=1S/C53H38N2O/c54-49(34-50(39-16-5-2-6-17-39)55-35-36-14-3-1-4-15-36)38-28-26-37(27-29-38)40-18-13-19-41(32-40)42-30-31-44-43-20-7-8-21-45(43)53(48(44)33-42)46-22-9-11-24-51(46)56-52-25-12-10-23-47(52)53/h1-34H,35,54H2/b49-34-,55-50+. The smallest absolute Gasteiger partial charge is 0.132 e. The van der Waals surface area contributed by atoms with E-state index in [0.717, 1.165) is 50.6 Å². The van der Waals surface area contributed by atoms with Gasteiger partial charge in [0, 0.05) is 16.8 Å². The number of hydrogen-bond donors (Lipinski definition) is 1. The van der Waals surface area contributed by atoms with E-state index >= 15 is 0 Å². The third kappa shape index (κ3) is 5.64. The van der Waals surface area contributed by atoms with Gasteiger partial charge in [-0.15, -0.1) is 0 Å². The van der Waals surface area contributed by atoms with Gasteiger partial charge in [0.05, 0.1) is 17.7 Å². The van der Waals surface area contributed by atoms with Crippen LogP contribution in [0.1, 0.15) is 38.9 Å². The molecule has 8 aromatic rings. The number of hydrogen-bond acceptors (Lipinski definition) is 3. The van der Waals surface area contributed by atoms with Crippen molar-refractivity contribution in [3.8, 4) is 44.9 Å². The van der Waals surface area contributed by atoms with Crippen LogP contribution >= 0.6 is 0 Å². The molecule has 0 saturated heterocycles. The van der Waals surface area contributed by atoms with Crippen molar-refractivity contribution in [1.82, 2.24) is 0 Å². The molecule has 2 N–H and O–H groups in total. The molecule has 0 radical (unpaired) electrons. The van der Waals surface area contributed by atoms with E-state index in [4.69, 9.17) is 15.5 Å². The maximum absolute atomic E-state index is 6.76. The number of benzene rings is 8. The van der Waals surface area contributed by atoms with Crippen molar-refractivity contribution >= 4 is 11.4 Å². The van der Waals surface area contributed by atoms with Gasteiger partial charge in [0.15, 0.2) is 0 Å². The van der Waals surface area contributed by atoms with E-state index in [1.54, 1.807) is 0 Å². The zero-order valence-corrected chi connectivity index (χ0v) is 30.8. The van der Waals surface area contributed by atoms with Crippen LogP contribution in [0.2, 0.25) is 0 Å². The van der Waals surface area contributed by atoms with E-state index < -0.39 is 5.41 Å². The Morgan fingerprint density at radius 1 is 0.464 bits per heavy atom. The molecule has 0 atom stereocenters. The average Bonchev–Trinajstić information content (AvgIpc) is 3.56. The monoisotopic (exact) mass is 718 g/mol. The summed E-state index contributed by atoms with van der Waals surface area (Å²) in [6, 6.07) is 70.7. The van der Waals surface area contributed by atoms with Gasteiger partial charge in [-0.2, -0.15) is 0 Å². The Balaban J connectivity index is 1.00. The Bertz CT molecular complexity index is 2750. The molecule has 56 heavy (non-hydrogen) atoms. The van der Waals surface area contributed by atoms with E-state index in [1.807, 2.05) is 42.5 Å². The summed E-state index contributed by atoms with van der Waals surface area (Å²) in [5, 5.41) is 0. The lowest BCUT2D eigenvalue weighted by Crippen LogP contribution is -2.32. The lowest BCUT2D eigenvalue weighted by atomic mass is 9.66. The fourth-order valence-corrected chi connectivity index (χ4v) is 8.59. The highest BCUT2D eigenvalue weighted by Gasteiger charge is 2.51. The maximum Gasteiger partial charge on any atom is 0.132 e. The van der Waals surface area contributed by atoms with E-state index in [1.165, 1.54) is 38.9 Å². The highest BCUT2D eigenvalue weighted by molar-refractivity contribution is 6.12. The van der Waals surface area contributed by atoms with Crippen molar-refractivity contribution in [3.05, 3.63) is 245 Å². The molecule has 0 saturated carbocycles. The van der Waals surface area contributed by atoms with Crippen LogP contribution in [-0.2, 0) is 12.0 Å². The summed E-state index contributed by atoms with van der Waals surface area (Å²) in [5.74, 6) is 1.80. The summed E-state index contributed by atoms with van der Waals surface area (Å²) in [5.41, 5.74) is 23.0. The fraction of sp³-hybridized carbons (Fsp3) is 0.0377. The zero-order valence-electron chi connectivity index (χ0n) is 30.8. The van der Waals surface area contributed by atoms with Crippen LogP contribution in [0.4, 0.5) is 0 Å². The summed E-state index contributed by atoms with van der Waals surface area (Å²) in [4.78, 5) is 4.97. The molecule has 1 aliphatic heterocycles. The third-order valence-electron chi connectivity index (χ3n) is 11.2. The Labute approximate surface area is 327 Å². The summed E-state index contributed by atoms with van der Waals surface area (Å²) >= 11 is 0. The van der Waals surface area contributed by atoms with Gasteiger partial charge in [0.2, 0.25) is 0 Å².